The van der Waals surface area contributed by atoms with Crippen molar-refractivity contribution in [3.05, 3.63) is 64.2 Å². The van der Waals surface area contributed by atoms with Crippen LogP contribution in [-0.4, -0.2) is 14.2 Å². The van der Waals surface area contributed by atoms with E-state index in [4.69, 9.17) is 16.3 Å². The summed E-state index contributed by atoms with van der Waals surface area (Å²) >= 11 is 6.44. The van der Waals surface area contributed by atoms with Gasteiger partial charge in [-0.3, -0.25) is 0 Å². The molecule has 0 aliphatic heterocycles. The summed E-state index contributed by atoms with van der Waals surface area (Å²) in [5, 5.41) is 4.18. The summed E-state index contributed by atoms with van der Waals surface area (Å²) in [5.41, 5.74) is 3.40. The van der Waals surface area contributed by atoms with E-state index in [2.05, 4.69) is 17.4 Å². The second-order valence-corrected chi connectivity index (χ2v) is 5.21. The van der Waals surface area contributed by atoms with E-state index < -0.39 is 0 Å². The molecule has 2 aromatic rings. The molecule has 0 aliphatic carbocycles. The van der Waals surface area contributed by atoms with Crippen molar-refractivity contribution < 1.29 is 4.74 Å². The average Bonchev–Trinajstić information content (AvgIpc) is 2.48. The first-order valence-electron chi connectivity index (χ1n) is 6.71. The Morgan fingerprint density at radius 1 is 1.15 bits per heavy atom. The molecule has 2 nitrogen and oxygen atoms in total. The van der Waals surface area contributed by atoms with Gasteiger partial charge in [0.2, 0.25) is 0 Å². The zero-order chi connectivity index (χ0) is 14.5. The highest BCUT2D eigenvalue weighted by Gasteiger charge is 2.16. The van der Waals surface area contributed by atoms with E-state index in [1.807, 2.05) is 44.3 Å². The van der Waals surface area contributed by atoms with E-state index >= 15 is 0 Å². The Labute approximate surface area is 125 Å². The van der Waals surface area contributed by atoms with Crippen LogP contribution in [0.25, 0.3) is 0 Å². The van der Waals surface area contributed by atoms with Crippen LogP contribution in [0.1, 0.15) is 22.7 Å². The van der Waals surface area contributed by atoms with Crippen molar-refractivity contribution in [2.24, 2.45) is 0 Å². The highest BCUT2D eigenvalue weighted by Crippen LogP contribution is 2.30. The highest BCUT2D eigenvalue weighted by atomic mass is 35.5. The van der Waals surface area contributed by atoms with E-state index in [1.54, 1.807) is 7.11 Å². The number of benzene rings is 2. The third kappa shape index (κ3) is 3.14. The van der Waals surface area contributed by atoms with Crippen molar-refractivity contribution in [3.63, 3.8) is 0 Å². The Balaban J connectivity index is 2.31. The number of hydrogen-bond donors (Lipinski definition) is 1. The minimum Gasteiger partial charge on any atom is -0.496 e. The summed E-state index contributed by atoms with van der Waals surface area (Å²) in [6, 6.07) is 14.4. The maximum atomic E-state index is 6.44. The first-order chi connectivity index (χ1) is 9.67. The fourth-order valence-corrected chi connectivity index (χ4v) is 2.66. The molecule has 0 amide bonds. The van der Waals surface area contributed by atoms with E-state index in [0.29, 0.717) is 0 Å². The lowest BCUT2D eigenvalue weighted by molar-refractivity contribution is 0.406. The molecule has 1 N–H and O–H groups in total. The van der Waals surface area contributed by atoms with Crippen LogP contribution >= 0.6 is 11.6 Å². The molecule has 106 valence electrons. The van der Waals surface area contributed by atoms with E-state index in [-0.39, 0.29) is 6.04 Å². The van der Waals surface area contributed by atoms with E-state index in [9.17, 15) is 0 Å². The van der Waals surface area contributed by atoms with Gasteiger partial charge >= 0.3 is 0 Å². The molecule has 0 aromatic heterocycles. The SMILES string of the molecule is CNC(Cc1ccccc1OC)c1cccc(C)c1Cl. The van der Waals surface area contributed by atoms with Gasteiger partial charge in [-0.25, -0.2) is 0 Å². The number of halogens is 1. The van der Waals surface area contributed by atoms with Crippen molar-refractivity contribution in [1.82, 2.24) is 5.32 Å². The van der Waals surface area contributed by atoms with Crippen LogP contribution in [0, 0.1) is 6.92 Å². The number of aryl methyl sites for hydroxylation is 1. The molecule has 0 bridgehead atoms. The second-order valence-electron chi connectivity index (χ2n) is 4.84. The summed E-state index contributed by atoms with van der Waals surface area (Å²) in [5.74, 6) is 0.913. The highest BCUT2D eigenvalue weighted by molar-refractivity contribution is 6.32. The van der Waals surface area contributed by atoms with Crippen LogP contribution in [0.3, 0.4) is 0 Å². The van der Waals surface area contributed by atoms with Crippen LogP contribution < -0.4 is 10.1 Å². The van der Waals surface area contributed by atoms with Crippen LogP contribution in [-0.2, 0) is 6.42 Å². The van der Waals surface area contributed by atoms with Crippen LogP contribution in [0.15, 0.2) is 42.5 Å². The molecular weight excluding hydrogens is 270 g/mol. The number of ether oxygens (including phenoxy) is 1. The average molecular weight is 290 g/mol. The fraction of sp³-hybridized carbons (Fsp3) is 0.294. The van der Waals surface area contributed by atoms with Gasteiger partial charge in [0.1, 0.15) is 5.75 Å². The Hall–Kier alpha value is -1.51. The minimum absolute atomic E-state index is 0.165. The molecule has 0 heterocycles. The molecule has 1 unspecified atom stereocenters. The van der Waals surface area contributed by atoms with Gasteiger partial charge in [-0.05, 0) is 43.1 Å². The molecule has 0 saturated carbocycles. The molecular formula is C17H20ClNO. The molecule has 2 aromatic carbocycles. The second kappa shape index (κ2) is 6.78. The van der Waals surface area contributed by atoms with Crippen molar-refractivity contribution in [3.8, 4) is 5.75 Å². The summed E-state index contributed by atoms with van der Waals surface area (Å²) in [7, 11) is 3.66. The van der Waals surface area contributed by atoms with Gasteiger partial charge in [0.05, 0.1) is 7.11 Å². The van der Waals surface area contributed by atoms with Crippen molar-refractivity contribution in [2.75, 3.05) is 14.2 Å². The topological polar surface area (TPSA) is 21.3 Å². The molecule has 0 aliphatic rings. The molecule has 2 rings (SSSR count). The number of likely N-dealkylation sites (N-methyl/N-ethyl adjacent to an activating group) is 1. The van der Waals surface area contributed by atoms with E-state index in [1.165, 1.54) is 5.56 Å². The van der Waals surface area contributed by atoms with Crippen molar-refractivity contribution in [2.45, 2.75) is 19.4 Å². The molecule has 0 saturated heterocycles. The molecule has 3 heteroatoms. The first kappa shape index (κ1) is 14.9. The summed E-state index contributed by atoms with van der Waals surface area (Å²) in [6.45, 7) is 2.03. The normalized spacial score (nSPS) is 12.2. The minimum atomic E-state index is 0.165. The maximum absolute atomic E-state index is 6.44. The van der Waals surface area contributed by atoms with Crippen LogP contribution in [0.4, 0.5) is 0 Å². The molecule has 1 atom stereocenters. The Morgan fingerprint density at radius 3 is 2.60 bits per heavy atom. The predicted molar refractivity (Wildman–Crippen MR) is 84.7 cm³/mol. The number of para-hydroxylation sites is 1. The van der Waals surface area contributed by atoms with Gasteiger partial charge < -0.3 is 10.1 Å². The number of hydrogen-bond acceptors (Lipinski definition) is 2. The lowest BCUT2D eigenvalue weighted by atomic mass is 9.97. The lowest BCUT2D eigenvalue weighted by Gasteiger charge is -2.20. The standard InChI is InChI=1S/C17H20ClNO/c1-12-7-6-9-14(17(12)18)15(19-2)11-13-8-4-5-10-16(13)20-3/h4-10,15,19H,11H2,1-3H3. The zero-order valence-electron chi connectivity index (χ0n) is 12.1. The van der Waals surface area contributed by atoms with Gasteiger partial charge in [-0.2, -0.15) is 0 Å². The first-order valence-corrected chi connectivity index (χ1v) is 7.09. The molecule has 0 radical (unpaired) electrons. The number of rotatable bonds is 5. The fourth-order valence-electron chi connectivity index (χ4n) is 2.40. The zero-order valence-corrected chi connectivity index (χ0v) is 12.9. The van der Waals surface area contributed by atoms with Gasteiger partial charge in [-0.1, -0.05) is 48.0 Å². The van der Waals surface area contributed by atoms with E-state index in [0.717, 1.165) is 28.3 Å². The predicted octanol–water partition coefficient (Wildman–Crippen LogP) is 4.16. The van der Waals surface area contributed by atoms with Gasteiger partial charge in [0.25, 0.3) is 0 Å². The third-order valence-corrected chi connectivity index (χ3v) is 4.08. The van der Waals surface area contributed by atoms with Gasteiger partial charge in [0.15, 0.2) is 0 Å². The van der Waals surface area contributed by atoms with Crippen LogP contribution in [0.2, 0.25) is 5.02 Å². The summed E-state index contributed by atoms with van der Waals surface area (Å²) in [4.78, 5) is 0. The van der Waals surface area contributed by atoms with Crippen molar-refractivity contribution in [1.29, 1.82) is 0 Å². The van der Waals surface area contributed by atoms with Crippen molar-refractivity contribution >= 4 is 11.6 Å². The third-order valence-electron chi connectivity index (χ3n) is 3.56. The quantitative estimate of drug-likeness (QED) is 0.892. The Morgan fingerprint density at radius 2 is 1.90 bits per heavy atom. The molecule has 20 heavy (non-hydrogen) atoms. The smallest absolute Gasteiger partial charge is 0.122 e. The number of methoxy groups -OCH3 is 1. The van der Waals surface area contributed by atoms with Gasteiger partial charge in [-0.15, -0.1) is 0 Å². The van der Waals surface area contributed by atoms with Gasteiger partial charge in [0, 0.05) is 11.1 Å². The number of nitrogens with one attached hydrogen (secondary N) is 1. The molecule has 0 spiro atoms. The Kier molecular flexibility index (Phi) is 5.05. The largest absolute Gasteiger partial charge is 0.496 e. The lowest BCUT2D eigenvalue weighted by Crippen LogP contribution is -2.19. The Bertz CT molecular complexity index is 583. The summed E-state index contributed by atoms with van der Waals surface area (Å²) < 4.78 is 5.42. The monoisotopic (exact) mass is 289 g/mol. The molecule has 0 fully saturated rings. The van der Waals surface area contributed by atoms with Crippen LogP contribution in [0.5, 0.6) is 5.75 Å². The maximum Gasteiger partial charge on any atom is 0.122 e. The summed E-state index contributed by atoms with van der Waals surface area (Å²) in [6.07, 6.45) is 0.837.